The number of nitrogens with zero attached hydrogens (tertiary/aromatic N) is 5. The van der Waals surface area contributed by atoms with Gasteiger partial charge < -0.3 is 20.1 Å². The molecule has 12 heteroatoms. The molecule has 2 aliphatic heterocycles. The molecule has 0 bridgehead atoms. The Balaban J connectivity index is 1.26. The Morgan fingerprint density at radius 1 is 1.42 bits per heavy atom. The highest BCUT2D eigenvalue weighted by molar-refractivity contribution is 5.67. The molecule has 2 aliphatic rings. The highest BCUT2D eigenvalue weighted by atomic mass is 19.1. The average Bonchev–Trinajstić information content (AvgIpc) is 3.44. The predicted octanol–water partition coefficient (Wildman–Crippen LogP) is 2.31. The number of H-pyrrole nitrogens is 1. The number of nitrogens with one attached hydrogen (secondary N) is 3. The largest absolute Gasteiger partial charge is 0.441 e. The third-order valence-electron chi connectivity index (χ3n) is 5.66. The molecule has 3 N–H and O–H groups in total. The molecule has 0 saturated carbocycles. The van der Waals surface area contributed by atoms with E-state index in [9.17, 15) is 9.18 Å². The van der Waals surface area contributed by atoms with Crippen LogP contribution in [0.5, 0.6) is 0 Å². The summed E-state index contributed by atoms with van der Waals surface area (Å²) in [6, 6.07) is 3.40. The smallest absolute Gasteiger partial charge is 0.407 e. The van der Waals surface area contributed by atoms with Crippen molar-refractivity contribution in [3.8, 4) is 0 Å². The van der Waals surface area contributed by atoms with E-state index in [1.165, 1.54) is 6.42 Å². The van der Waals surface area contributed by atoms with Crippen LogP contribution in [0.3, 0.4) is 0 Å². The Morgan fingerprint density at radius 2 is 2.27 bits per heavy atom. The summed E-state index contributed by atoms with van der Waals surface area (Å²) in [6.07, 6.45) is 0.777. The van der Waals surface area contributed by atoms with Crippen molar-refractivity contribution in [2.24, 2.45) is 0 Å². The standard InChI is InChI=1S/C21H27FN8O3/c1-12(2)24-21(31)33-15-11-32-19(18(15)22)14-8-16(28-27-14)26-20-23-5-4-17-25-13(10-30(17)20)9-29-6-3-7-29/h4-5,8,10,12,15,18-19H,3,6-7,9,11H2,1-2H3,(H,24,31)(H2,23,26,27,28)/t15-,18-,19-/m1/s1. The minimum atomic E-state index is -1.52. The number of anilines is 2. The van der Waals surface area contributed by atoms with Crippen molar-refractivity contribution in [2.45, 2.75) is 51.2 Å². The number of hydrogen-bond acceptors (Lipinski definition) is 8. The van der Waals surface area contributed by atoms with Gasteiger partial charge in [0, 0.05) is 31.0 Å². The van der Waals surface area contributed by atoms with Crippen molar-refractivity contribution in [3.63, 3.8) is 0 Å². The lowest BCUT2D eigenvalue weighted by Gasteiger charge is -2.29. The molecule has 33 heavy (non-hydrogen) atoms. The van der Waals surface area contributed by atoms with Crippen molar-refractivity contribution in [2.75, 3.05) is 25.0 Å². The van der Waals surface area contributed by atoms with Crippen LogP contribution in [0, 0.1) is 0 Å². The van der Waals surface area contributed by atoms with E-state index in [2.05, 4.69) is 35.7 Å². The minimum Gasteiger partial charge on any atom is -0.441 e. The van der Waals surface area contributed by atoms with Gasteiger partial charge in [0.05, 0.1) is 18.0 Å². The van der Waals surface area contributed by atoms with Gasteiger partial charge in [0.15, 0.2) is 18.1 Å². The van der Waals surface area contributed by atoms with Gasteiger partial charge in [-0.1, -0.05) is 0 Å². The van der Waals surface area contributed by atoms with Crippen LogP contribution in [0.1, 0.15) is 37.8 Å². The number of ether oxygens (including phenoxy) is 2. The second kappa shape index (κ2) is 8.94. The number of amides is 1. The number of fused-ring (bicyclic) bond motifs is 1. The first-order valence-corrected chi connectivity index (χ1v) is 11.1. The molecule has 2 fully saturated rings. The summed E-state index contributed by atoms with van der Waals surface area (Å²) in [5, 5.41) is 12.7. The zero-order valence-corrected chi connectivity index (χ0v) is 18.5. The topological polar surface area (TPSA) is 122 Å². The normalized spacial score (nSPS) is 23.1. The van der Waals surface area contributed by atoms with Gasteiger partial charge >= 0.3 is 6.09 Å². The van der Waals surface area contributed by atoms with Crippen LogP contribution in [0.15, 0.2) is 24.5 Å². The van der Waals surface area contributed by atoms with E-state index in [1.807, 2.05) is 16.7 Å². The molecule has 5 heterocycles. The molecule has 0 aliphatic carbocycles. The predicted molar refractivity (Wildman–Crippen MR) is 117 cm³/mol. The zero-order valence-electron chi connectivity index (χ0n) is 18.5. The lowest BCUT2D eigenvalue weighted by Crippen LogP contribution is -2.36. The molecular formula is C21H27FN8O3. The summed E-state index contributed by atoms with van der Waals surface area (Å²) in [6.45, 7) is 6.57. The molecular weight excluding hydrogens is 431 g/mol. The van der Waals surface area contributed by atoms with Gasteiger partial charge in [0.1, 0.15) is 11.8 Å². The molecule has 3 atom stereocenters. The third kappa shape index (κ3) is 4.62. The average molecular weight is 458 g/mol. The van der Waals surface area contributed by atoms with Gasteiger partial charge in [-0.25, -0.2) is 19.2 Å². The summed E-state index contributed by atoms with van der Waals surface area (Å²) in [5.74, 6) is 1.00. The highest BCUT2D eigenvalue weighted by Crippen LogP contribution is 2.33. The monoisotopic (exact) mass is 458 g/mol. The second-order valence-electron chi connectivity index (χ2n) is 8.63. The molecule has 3 aromatic rings. The molecule has 2 saturated heterocycles. The number of imidazole rings is 1. The molecule has 0 aromatic carbocycles. The van der Waals surface area contributed by atoms with Crippen molar-refractivity contribution < 1.29 is 18.7 Å². The Labute approximate surface area is 189 Å². The Kier molecular flexibility index (Phi) is 5.85. The number of rotatable bonds is 7. The van der Waals surface area contributed by atoms with Gasteiger partial charge in [0.25, 0.3) is 0 Å². The van der Waals surface area contributed by atoms with E-state index in [0.717, 1.165) is 31.0 Å². The van der Waals surface area contributed by atoms with Gasteiger partial charge in [-0.2, -0.15) is 5.10 Å². The molecule has 0 spiro atoms. The summed E-state index contributed by atoms with van der Waals surface area (Å²) >= 11 is 0. The Morgan fingerprint density at radius 3 is 3.03 bits per heavy atom. The number of aromatic nitrogens is 5. The first-order chi connectivity index (χ1) is 16.0. The van der Waals surface area contributed by atoms with Crippen LogP contribution in [0.25, 0.3) is 5.65 Å². The first-order valence-electron chi connectivity index (χ1n) is 11.1. The van der Waals surface area contributed by atoms with Crippen LogP contribution in [0.4, 0.5) is 21.0 Å². The van der Waals surface area contributed by atoms with Gasteiger partial charge in [0.2, 0.25) is 5.95 Å². The number of aromatic amines is 1. The summed E-state index contributed by atoms with van der Waals surface area (Å²) in [7, 11) is 0. The fraction of sp³-hybridized carbons (Fsp3) is 0.524. The van der Waals surface area contributed by atoms with Crippen LogP contribution in [-0.4, -0.2) is 73.6 Å². The van der Waals surface area contributed by atoms with Crippen LogP contribution < -0.4 is 10.6 Å². The Bertz CT molecular complexity index is 1130. The van der Waals surface area contributed by atoms with Crippen molar-refractivity contribution in [3.05, 3.63) is 35.9 Å². The molecule has 3 aromatic heterocycles. The third-order valence-corrected chi connectivity index (χ3v) is 5.66. The van der Waals surface area contributed by atoms with Crippen LogP contribution in [0.2, 0.25) is 0 Å². The first kappa shape index (κ1) is 21.6. The minimum absolute atomic E-state index is 0.0329. The lowest BCUT2D eigenvalue weighted by molar-refractivity contribution is 0.0615. The number of hydrogen-bond donors (Lipinski definition) is 3. The fourth-order valence-electron chi connectivity index (χ4n) is 3.91. The van der Waals surface area contributed by atoms with Crippen LogP contribution in [-0.2, 0) is 16.0 Å². The van der Waals surface area contributed by atoms with Gasteiger partial charge in [-0.3, -0.25) is 14.4 Å². The molecule has 176 valence electrons. The maximum absolute atomic E-state index is 14.9. The summed E-state index contributed by atoms with van der Waals surface area (Å²) in [4.78, 5) is 23.2. The second-order valence-corrected chi connectivity index (χ2v) is 8.63. The molecule has 0 unspecified atom stereocenters. The molecule has 11 nitrogen and oxygen atoms in total. The SMILES string of the molecule is CC(C)NC(=O)O[C@@H]1CO[C@H](c2cc(Nc3nccc4nc(CN5CCC5)cn34)n[nH]2)[C@@H]1F. The maximum atomic E-state index is 14.9. The van der Waals surface area contributed by atoms with E-state index >= 15 is 0 Å². The molecule has 0 radical (unpaired) electrons. The van der Waals surface area contributed by atoms with E-state index in [1.54, 1.807) is 26.1 Å². The molecule has 5 rings (SSSR count). The number of halogens is 1. The zero-order chi connectivity index (χ0) is 22.9. The van der Waals surface area contributed by atoms with E-state index in [-0.39, 0.29) is 12.6 Å². The van der Waals surface area contributed by atoms with Crippen molar-refractivity contribution in [1.29, 1.82) is 0 Å². The number of alkyl halides is 1. The lowest BCUT2D eigenvalue weighted by atomic mass is 10.1. The number of carbonyl (C=O) groups is 1. The molecule has 1 amide bonds. The van der Waals surface area contributed by atoms with E-state index < -0.39 is 24.5 Å². The van der Waals surface area contributed by atoms with Gasteiger partial charge in [-0.15, -0.1) is 0 Å². The number of carbonyl (C=O) groups excluding carboxylic acids is 1. The quantitative estimate of drug-likeness (QED) is 0.493. The number of likely N-dealkylation sites (tertiary alicyclic amines) is 1. The Hall–Kier alpha value is -3.25. The summed E-state index contributed by atoms with van der Waals surface area (Å²) in [5.41, 5.74) is 2.19. The fourth-order valence-corrected chi connectivity index (χ4v) is 3.91. The maximum Gasteiger partial charge on any atom is 0.407 e. The van der Waals surface area contributed by atoms with Gasteiger partial charge in [-0.05, 0) is 39.4 Å². The van der Waals surface area contributed by atoms with Crippen molar-refractivity contribution >= 4 is 23.5 Å². The highest BCUT2D eigenvalue weighted by Gasteiger charge is 2.42. The van der Waals surface area contributed by atoms with Crippen LogP contribution >= 0.6 is 0 Å². The van der Waals surface area contributed by atoms with Crippen molar-refractivity contribution in [1.82, 2.24) is 34.8 Å². The number of alkyl carbamates (subject to hydrolysis) is 1. The van der Waals surface area contributed by atoms with E-state index in [4.69, 9.17) is 9.47 Å². The summed E-state index contributed by atoms with van der Waals surface area (Å²) < 4.78 is 27.5. The van der Waals surface area contributed by atoms with E-state index in [0.29, 0.717) is 17.5 Å².